The fraction of sp³-hybridized carbons (Fsp3) is 0.200. The maximum absolute atomic E-state index is 6.01. The molecule has 0 unspecified atom stereocenters. The molecular weight excluding hydrogens is 272 g/mol. The van der Waals surface area contributed by atoms with Crippen molar-refractivity contribution in [2.75, 3.05) is 0 Å². The van der Waals surface area contributed by atoms with E-state index in [9.17, 15) is 0 Å². The van der Waals surface area contributed by atoms with Crippen LogP contribution in [0.25, 0.3) is 10.8 Å². The molecule has 0 aliphatic carbocycles. The van der Waals surface area contributed by atoms with E-state index in [0.717, 1.165) is 27.8 Å². The highest BCUT2D eigenvalue weighted by molar-refractivity contribution is 5.93. The van der Waals surface area contributed by atoms with Gasteiger partial charge in [-0.3, -0.25) is 0 Å². The van der Waals surface area contributed by atoms with Crippen molar-refractivity contribution in [3.05, 3.63) is 72.3 Å². The second-order valence-corrected chi connectivity index (χ2v) is 5.55. The number of benzene rings is 3. The minimum atomic E-state index is 0.152. The molecule has 3 aromatic rings. The van der Waals surface area contributed by atoms with Crippen LogP contribution in [0.1, 0.15) is 19.4 Å². The Morgan fingerprint density at radius 2 is 1.32 bits per heavy atom. The topological polar surface area (TPSA) is 18.5 Å². The smallest absolute Gasteiger partial charge is 0.127 e. The lowest BCUT2D eigenvalue weighted by atomic mass is 10.1. The van der Waals surface area contributed by atoms with Crippen molar-refractivity contribution in [2.45, 2.75) is 26.6 Å². The first kappa shape index (κ1) is 14.5. The van der Waals surface area contributed by atoms with E-state index in [0.29, 0.717) is 6.61 Å². The van der Waals surface area contributed by atoms with Crippen LogP contribution in [0, 0.1) is 0 Å². The van der Waals surface area contributed by atoms with E-state index < -0.39 is 0 Å². The number of hydrogen-bond acceptors (Lipinski definition) is 2. The van der Waals surface area contributed by atoms with Crippen molar-refractivity contribution in [2.24, 2.45) is 0 Å². The predicted molar refractivity (Wildman–Crippen MR) is 90.5 cm³/mol. The number of hydrogen-bond donors (Lipinski definition) is 0. The molecule has 0 fully saturated rings. The zero-order valence-electron chi connectivity index (χ0n) is 13.0. The summed E-state index contributed by atoms with van der Waals surface area (Å²) >= 11 is 0. The average molecular weight is 292 g/mol. The van der Waals surface area contributed by atoms with Crippen LogP contribution in [0.4, 0.5) is 0 Å². The molecule has 0 aromatic heterocycles. The molecule has 0 N–H and O–H groups in total. The van der Waals surface area contributed by atoms with Gasteiger partial charge in [0.2, 0.25) is 0 Å². The highest BCUT2D eigenvalue weighted by Gasteiger charge is 2.09. The van der Waals surface area contributed by atoms with E-state index in [2.05, 4.69) is 24.3 Å². The minimum absolute atomic E-state index is 0.152. The molecule has 3 rings (SSSR count). The molecule has 0 heterocycles. The Bertz CT molecular complexity index is 748. The summed E-state index contributed by atoms with van der Waals surface area (Å²) in [5.74, 6) is 1.79. The van der Waals surface area contributed by atoms with Gasteiger partial charge in [0.1, 0.15) is 18.1 Å². The summed E-state index contributed by atoms with van der Waals surface area (Å²) in [5, 5.41) is 2.17. The summed E-state index contributed by atoms with van der Waals surface area (Å²) in [7, 11) is 0. The van der Waals surface area contributed by atoms with Crippen molar-refractivity contribution < 1.29 is 9.47 Å². The molecule has 0 radical (unpaired) electrons. The van der Waals surface area contributed by atoms with Gasteiger partial charge >= 0.3 is 0 Å². The third kappa shape index (κ3) is 3.22. The molecule has 0 bridgehead atoms. The van der Waals surface area contributed by atoms with Gasteiger partial charge in [0.15, 0.2) is 0 Å². The summed E-state index contributed by atoms with van der Waals surface area (Å²) in [6, 6.07) is 22.4. The SMILES string of the molecule is CC(C)Oc1ccc(OCc2ccccc2)c2ccccc12. The lowest BCUT2D eigenvalue weighted by molar-refractivity contribution is 0.245. The van der Waals surface area contributed by atoms with E-state index >= 15 is 0 Å². The van der Waals surface area contributed by atoms with Gasteiger partial charge in [-0.25, -0.2) is 0 Å². The minimum Gasteiger partial charge on any atom is -0.490 e. The summed E-state index contributed by atoms with van der Waals surface area (Å²) in [6.07, 6.45) is 0.152. The Balaban J connectivity index is 1.90. The van der Waals surface area contributed by atoms with Crippen molar-refractivity contribution in [1.82, 2.24) is 0 Å². The fourth-order valence-electron chi connectivity index (χ4n) is 2.46. The predicted octanol–water partition coefficient (Wildman–Crippen LogP) is 5.21. The van der Waals surface area contributed by atoms with Gasteiger partial charge in [-0.15, -0.1) is 0 Å². The van der Waals surface area contributed by atoms with Crippen LogP contribution in [-0.2, 0) is 6.61 Å². The number of rotatable bonds is 5. The monoisotopic (exact) mass is 292 g/mol. The summed E-state index contributed by atoms with van der Waals surface area (Å²) < 4.78 is 11.9. The van der Waals surface area contributed by atoms with E-state index in [1.807, 2.05) is 56.3 Å². The van der Waals surface area contributed by atoms with E-state index in [4.69, 9.17) is 9.47 Å². The van der Waals surface area contributed by atoms with Crippen molar-refractivity contribution in [1.29, 1.82) is 0 Å². The maximum atomic E-state index is 6.01. The molecule has 22 heavy (non-hydrogen) atoms. The zero-order chi connectivity index (χ0) is 15.4. The molecule has 0 saturated carbocycles. The van der Waals surface area contributed by atoms with Gasteiger partial charge < -0.3 is 9.47 Å². The Kier molecular flexibility index (Phi) is 4.29. The van der Waals surface area contributed by atoms with Crippen molar-refractivity contribution >= 4 is 10.8 Å². The summed E-state index contributed by atoms with van der Waals surface area (Å²) in [4.78, 5) is 0. The van der Waals surface area contributed by atoms with Crippen LogP contribution in [-0.4, -0.2) is 6.10 Å². The molecule has 0 saturated heterocycles. The molecule has 3 aromatic carbocycles. The summed E-state index contributed by atoms with van der Waals surface area (Å²) in [6.45, 7) is 4.64. The van der Waals surface area contributed by atoms with Crippen LogP contribution in [0.2, 0.25) is 0 Å². The van der Waals surface area contributed by atoms with Gasteiger partial charge in [0, 0.05) is 10.8 Å². The van der Waals surface area contributed by atoms with Gasteiger partial charge in [0.05, 0.1) is 6.10 Å². The first-order valence-electron chi connectivity index (χ1n) is 7.59. The first-order chi connectivity index (χ1) is 10.7. The molecule has 0 atom stereocenters. The molecule has 2 heteroatoms. The number of ether oxygens (including phenoxy) is 2. The highest BCUT2D eigenvalue weighted by atomic mass is 16.5. The zero-order valence-corrected chi connectivity index (χ0v) is 13.0. The average Bonchev–Trinajstić information content (AvgIpc) is 2.55. The normalized spacial score (nSPS) is 10.9. The largest absolute Gasteiger partial charge is 0.490 e. The molecule has 0 aliphatic rings. The van der Waals surface area contributed by atoms with Gasteiger partial charge in [-0.1, -0.05) is 54.6 Å². The molecule has 0 spiro atoms. The van der Waals surface area contributed by atoms with Crippen LogP contribution in [0.3, 0.4) is 0 Å². The van der Waals surface area contributed by atoms with Gasteiger partial charge in [0.25, 0.3) is 0 Å². The summed E-state index contributed by atoms with van der Waals surface area (Å²) in [5.41, 5.74) is 1.16. The second-order valence-electron chi connectivity index (χ2n) is 5.55. The van der Waals surface area contributed by atoms with Crippen molar-refractivity contribution in [3.63, 3.8) is 0 Å². The lowest BCUT2D eigenvalue weighted by Gasteiger charge is -2.15. The van der Waals surface area contributed by atoms with Gasteiger partial charge in [-0.2, -0.15) is 0 Å². The van der Waals surface area contributed by atoms with E-state index in [-0.39, 0.29) is 6.10 Å². The van der Waals surface area contributed by atoms with Crippen LogP contribution >= 0.6 is 0 Å². The quantitative estimate of drug-likeness (QED) is 0.643. The Hall–Kier alpha value is -2.48. The highest BCUT2D eigenvalue weighted by Crippen LogP contribution is 2.34. The molecule has 0 amide bonds. The molecular formula is C20H20O2. The van der Waals surface area contributed by atoms with Crippen LogP contribution < -0.4 is 9.47 Å². The maximum Gasteiger partial charge on any atom is 0.127 e. The Morgan fingerprint density at radius 1 is 0.727 bits per heavy atom. The molecule has 0 aliphatic heterocycles. The lowest BCUT2D eigenvalue weighted by Crippen LogP contribution is -2.06. The first-order valence-corrected chi connectivity index (χ1v) is 7.59. The number of fused-ring (bicyclic) bond motifs is 1. The van der Waals surface area contributed by atoms with E-state index in [1.54, 1.807) is 0 Å². The Morgan fingerprint density at radius 3 is 2.00 bits per heavy atom. The van der Waals surface area contributed by atoms with Crippen LogP contribution in [0.5, 0.6) is 11.5 Å². The third-order valence-electron chi connectivity index (χ3n) is 3.44. The molecule has 2 nitrogen and oxygen atoms in total. The third-order valence-corrected chi connectivity index (χ3v) is 3.44. The molecule has 112 valence electrons. The standard InChI is InChI=1S/C20H20O2/c1-15(2)22-20-13-12-19(17-10-6-7-11-18(17)20)21-14-16-8-4-3-5-9-16/h3-13,15H,14H2,1-2H3. The van der Waals surface area contributed by atoms with Gasteiger partial charge in [-0.05, 0) is 31.5 Å². The van der Waals surface area contributed by atoms with Crippen LogP contribution in [0.15, 0.2) is 66.7 Å². The second kappa shape index (κ2) is 6.52. The van der Waals surface area contributed by atoms with Crippen molar-refractivity contribution in [3.8, 4) is 11.5 Å². The Labute approximate surface area is 131 Å². The van der Waals surface area contributed by atoms with E-state index in [1.165, 1.54) is 0 Å². The fourth-order valence-corrected chi connectivity index (χ4v) is 2.46.